The van der Waals surface area contributed by atoms with E-state index in [-0.39, 0.29) is 18.0 Å². The number of rotatable bonds is 8. The van der Waals surface area contributed by atoms with Crippen LogP contribution < -0.4 is 20.3 Å². The number of ether oxygens (including phenoxy) is 2. The number of nitrogens with one attached hydrogen (secondary N) is 1. The lowest BCUT2D eigenvalue weighted by Gasteiger charge is -2.17. The number of halogens is 1. The average molecular weight is 478 g/mol. The van der Waals surface area contributed by atoms with Crippen molar-refractivity contribution in [3.63, 3.8) is 0 Å². The normalized spacial score (nSPS) is 12.9. The highest BCUT2D eigenvalue weighted by atomic mass is 35.5. The minimum atomic E-state index is -0.769. The van der Waals surface area contributed by atoms with Gasteiger partial charge in [-0.1, -0.05) is 23.4 Å². The van der Waals surface area contributed by atoms with Crippen LogP contribution in [0.15, 0.2) is 46.3 Å². The van der Waals surface area contributed by atoms with Crippen LogP contribution in [0.2, 0.25) is 5.02 Å². The number of methoxy groups -OCH3 is 2. The van der Waals surface area contributed by atoms with E-state index in [1.165, 1.54) is 18.8 Å². The Morgan fingerprint density at radius 2 is 1.91 bits per heavy atom. The number of hydrogen-bond acceptors (Lipinski definition) is 7. The fourth-order valence-corrected chi connectivity index (χ4v) is 4.14. The van der Waals surface area contributed by atoms with Crippen molar-refractivity contribution in [1.29, 1.82) is 0 Å². The second-order valence-corrected chi connectivity index (χ2v) is 8.88. The number of thioether (sulfide) groups is 1. The summed E-state index contributed by atoms with van der Waals surface area (Å²) in [6, 6.07) is 9.88. The molecule has 2 N–H and O–H groups in total. The fraction of sp³-hybridized carbons (Fsp3) is 0.318. The zero-order valence-electron chi connectivity index (χ0n) is 18.1. The molecule has 0 aliphatic heterocycles. The first kappa shape index (κ1) is 23.9. The molecule has 1 aromatic heterocycles. The molecule has 0 saturated carbocycles. The second kappa shape index (κ2) is 10.2. The van der Waals surface area contributed by atoms with Crippen molar-refractivity contribution in [3.05, 3.63) is 51.8 Å². The van der Waals surface area contributed by atoms with Gasteiger partial charge in [0.25, 0.3) is 5.56 Å². The molecule has 8 nitrogen and oxygen atoms in total. The zero-order chi connectivity index (χ0) is 23.4. The van der Waals surface area contributed by atoms with Gasteiger partial charge in [-0.3, -0.25) is 14.2 Å². The summed E-state index contributed by atoms with van der Waals surface area (Å²) in [5.74, 6) is 0.754. The highest BCUT2D eigenvalue weighted by molar-refractivity contribution is 8.00. The van der Waals surface area contributed by atoms with Gasteiger partial charge in [-0.25, -0.2) is 4.98 Å². The molecular formula is C22H24ClN3O5S. The maximum atomic E-state index is 13.0. The van der Waals surface area contributed by atoms with E-state index in [0.29, 0.717) is 38.3 Å². The molecule has 2 atom stereocenters. The first-order valence-electron chi connectivity index (χ1n) is 9.81. The number of aromatic nitrogens is 2. The number of nitrogens with zero attached hydrogens (tertiary/aromatic N) is 2. The zero-order valence-corrected chi connectivity index (χ0v) is 19.7. The number of hydrogen-bond donors (Lipinski definition) is 2. The smallest absolute Gasteiger partial charge is 0.262 e. The summed E-state index contributed by atoms with van der Waals surface area (Å²) in [4.78, 5) is 30.4. The molecule has 0 radical (unpaired) electrons. The van der Waals surface area contributed by atoms with Crippen LogP contribution in [0.4, 0.5) is 5.69 Å². The van der Waals surface area contributed by atoms with Crippen molar-refractivity contribution in [1.82, 2.24) is 9.55 Å². The molecule has 1 heterocycles. The Kier molecular flexibility index (Phi) is 7.65. The summed E-state index contributed by atoms with van der Waals surface area (Å²) in [6.45, 7) is 3.35. The Labute approximate surface area is 194 Å². The van der Waals surface area contributed by atoms with Crippen LogP contribution in [0.25, 0.3) is 10.9 Å². The van der Waals surface area contributed by atoms with Gasteiger partial charge in [0.1, 0.15) is 0 Å². The molecule has 0 spiro atoms. The number of benzene rings is 2. The molecular weight excluding hydrogens is 454 g/mol. The van der Waals surface area contributed by atoms with Crippen molar-refractivity contribution in [2.24, 2.45) is 0 Å². The molecule has 3 aromatic rings. The SMILES string of the molecule is COc1ccc(NC(=O)[C@H](C)Sc2nc3cc(Cl)ccc3c(=O)n2C[C@@H](C)O)cc1OC. The largest absolute Gasteiger partial charge is 0.493 e. The van der Waals surface area contributed by atoms with Crippen LogP contribution in [0, 0.1) is 0 Å². The van der Waals surface area contributed by atoms with E-state index in [1.807, 2.05) is 0 Å². The Bertz CT molecular complexity index is 1200. The van der Waals surface area contributed by atoms with Gasteiger partial charge in [-0.15, -0.1) is 0 Å². The summed E-state index contributed by atoms with van der Waals surface area (Å²) in [5, 5.41) is 13.3. The number of aliphatic hydroxyl groups is 1. The van der Waals surface area contributed by atoms with Crippen molar-refractivity contribution >= 4 is 45.9 Å². The lowest BCUT2D eigenvalue weighted by Crippen LogP contribution is -2.29. The van der Waals surface area contributed by atoms with Crippen LogP contribution in [0.1, 0.15) is 13.8 Å². The van der Waals surface area contributed by atoms with Crippen molar-refractivity contribution in [2.45, 2.75) is 36.9 Å². The summed E-state index contributed by atoms with van der Waals surface area (Å²) >= 11 is 7.18. The summed E-state index contributed by atoms with van der Waals surface area (Å²) in [7, 11) is 3.05. The molecule has 2 aromatic carbocycles. The minimum absolute atomic E-state index is 0.0523. The Morgan fingerprint density at radius 3 is 2.56 bits per heavy atom. The third-order valence-electron chi connectivity index (χ3n) is 4.63. The molecule has 0 aliphatic carbocycles. The van der Waals surface area contributed by atoms with E-state index in [4.69, 9.17) is 21.1 Å². The molecule has 3 rings (SSSR count). The Balaban J connectivity index is 1.89. The van der Waals surface area contributed by atoms with E-state index in [0.717, 1.165) is 11.8 Å². The average Bonchev–Trinajstić information content (AvgIpc) is 2.75. The number of carbonyl (C=O) groups is 1. The van der Waals surface area contributed by atoms with Gasteiger partial charge in [-0.05, 0) is 44.2 Å². The van der Waals surface area contributed by atoms with E-state index in [9.17, 15) is 14.7 Å². The summed E-state index contributed by atoms with van der Waals surface area (Å²) in [6.07, 6.45) is -0.769. The lowest BCUT2D eigenvalue weighted by molar-refractivity contribution is -0.115. The van der Waals surface area contributed by atoms with Gasteiger partial charge < -0.3 is 19.9 Å². The van der Waals surface area contributed by atoms with E-state index in [1.54, 1.807) is 50.2 Å². The third-order valence-corrected chi connectivity index (χ3v) is 5.96. The monoisotopic (exact) mass is 477 g/mol. The van der Waals surface area contributed by atoms with Gasteiger partial charge in [-0.2, -0.15) is 0 Å². The van der Waals surface area contributed by atoms with E-state index >= 15 is 0 Å². The topological polar surface area (TPSA) is 103 Å². The van der Waals surface area contributed by atoms with Gasteiger partial charge in [0.15, 0.2) is 16.7 Å². The van der Waals surface area contributed by atoms with Gasteiger partial charge in [0.2, 0.25) is 5.91 Å². The van der Waals surface area contributed by atoms with Gasteiger partial charge >= 0.3 is 0 Å². The number of anilines is 1. The van der Waals surface area contributed by atoms with Crippen LogP contribution in [-0.4, -0.2) is 46.1 Å². The third kappa shape index (κ3) is 5.35. The van der Waals surface area contributed by atoms with Crippen LogP contribution in [0.3, 0.4) is 0 Å². The highest BCUT2D eigenvalue weighted by Crippen LogP contribution is 2.30. The first-order valence-corrected chi connectivity index (χ1v) is 11.1. The van der Waals surface area contributed by atoms with Crippen molar-refractivity contribution < 1.29 is 19.4 Å². The molecule has 10 heteroatoms. The molecule has 32 heavy (non-hydrogen) atoms. The van der Waals surface area contributed by atoms with Crippen LogP contribution in [-0.2, 0) is 11.3 Å². The Hall–Kier alpha value is -2.75. The maximum Gasteiger partial charge on any atom is 0.262 e. The standard InChI is InChI=1S/C22H24ClN3O5S/c1-12(27)11-26-21(29)16-7-5-14(23)9-17(16)25-22(26)32-13(2)20(28)24-15-6-8-18(30-3)19(10-15)31-4/h5-10,12-13,27H,11H2,1-4H3,(H,24,28)/t12-,13+/m1/s1. The number of aliphatic hydroxyl groups excluding tert-OH is 1. The molecule has 0 saturated heterocycles. The van der Waals surface area contributed by atoms with Crippen LogP contribution in [0.5, 0.6) is 11.5 Å². The highest BCUT2D eigenvalue weighted by Gasteiger charge is 2.21. The van der Waals surface area contributed by atoms with Crippen molar-refractivity contribution in [3.8, 4) is 11.5 Å². The number of fused-ring (bicyclic) bond motifs is 1. The molecule has 0 aliphatic rings. The molecule has 0 fully saturated rings. The lowest BCUT2D eigenvalue weighted by atomic mass is 10.2. The van der Waals surface area contributed by atoms with Gasteiger partial charge in [0, 0.05) is 16.8 Å². The summed E-state index contributed by atoms with van der Waals surface area (Å²) < 4.78 is 11.9. The van der Waals surface area contributed by atoms with Gasteiger partial charge in [0.05, 0.1) is 43.0 Å². The molecule has 0 unspecified atom stereocenters. The predicted molar refractivity (Wildman–Crippen MR) is 126 cm³/mol. The fourth-order valence-electron chi connectivity index (χ4n) is 3.06. The molecule has 1 amide bonds. The first-order chi connectivity index (χ1) is 15.2. The minimum Gasteiger partial charge on any atom is -0.493 e. The van der Waals surface area contributed by atoms with E-state index < -0.39 is 11.4 Å². The van der Waals surface area contributed by atoms with Crippen molar-refractivity contribution in [2.75, 3.05) is 19.5 Å². The predicted octanol–water partition coefficient (Wildman–Crippen LogP) is 3.57. The molecule has 170 valence electrons. The summed E-state index contributed by atoms with van der Waals surface area (Å²) in [5.41, 5.74) is 0.668. The maximum absolute atomic E-state index is 13.0. The second-order valence-electron chi connectivity index (χ2n) is 7.14. The quantitative estimate of drug-likeness (QED) is 0.377. The van der Waals surface area contributed by atoms with E-state index in [2.05, 4.69) is 10.3 Å². The van der Waals surface area contributed by atoms with Crippen LogP contribution >= 0.6 is 23.4 Å². The number of amides is 1. The number of carbonyl (C=O) groups excluding carboxylic acids is 1. The molecule has 0 bridgehead atoms. The Morgan fingerprint density at radius 1 is 1.19 bits per heavy atom.